The van der Waals surface area contributed by atoms with Crippen molar-refractivity contribution in [2.45, 2.75) is 38.3 Å². The van der Waals surface area contributed by atoms with E-state index in [1.54, 1.807) is 11.8 Å². The SMILES string of the molecule is C[C@H](N)C(=O)N(CCO)C1CCC1. The lowest BCUT2D eigenvalue weighted by Crippen LogP contribution is -2.51. The van der Waals surface area contributed by atoms with Gasteiger partial charge in [-0.1, -0.05) is 0 Å². The zero-order valence-corrected chi connectivity index (χ0v) is 8.07. The Hall–Kier alpha value is -0.610. The molecule has 1 rings (SSSR count). The van der Waals surface area contributed by atoms with Crippen molar-refractivity contribution in [1.29, 1.82) is 0 Å². The summed E-state index contributed by atoms with van der Waals surface area (Å²) in [5.41, 5.74) is 5.51. The van der Waals surface area contributed by atoms with Crippen LogP contribution in [0.3, 0.4) is 0 Å². The summed E-state index contributed by atoms with van der Waals surface area (Å²) in [6.07, 6.45) is 3.29. The molecule has 1 atom stereocenters. The molecule has 76 valence electrons. The van der Waals surface area contributed by atoms with Gasteiger partial charge in [-0.3, -0.25) is 4.79 Å². The van der Waals surface area contributed by atoms with E-state index in [1.807, 2.05) is 0 Å². The van der Waals surface area contributed by atoms with Crippen LogP contribution in [-0.4, -0.2) is 41.1 Å². The molecule has 1 aliphatic rings. The van der Waals surface area contributed by atoms with E-state index in [2.05, 4.69) is 0 Å². The van der Waals surface area contributed by atoms with Gasteiger partial charge in [0.15, 0.2) is 0 Å². The van der Waals surface area contributed by atoms with Gasteiger partial charge in [-0.15, -0.1) is 0 Å². The molecular weight excluding hydrogens is 168 g/mol. The molecule has 4 heteroatoms. The summed E-state index contributed by atoms with van der Waals surface area (Å²) in [7, 11) is 0. The molecule has 0 aromatic rings. The lowest BCUT2D eigenvalue weighted by molar-refractivity contribution is -0.136. The highest BCUT2D eigenvalue weighted by molar-refractivity contribution is 5.81. The quantitative estimate of drug-likeness (QED) is 0.634. The fraction of sp³-hybridized carbons (Fsp3) is 0.889. The number of carbonyl (C=O) groups excluding carboxylic acids is 1. The maximum Gasteiger partial charge on any atom is 0.239 e. The number of aliphatic hydroxyl groups is 1. The number of aliphatic hydroxyl groups excluding tert-OH is 1. The minimum absolute atomic E-state index is 0.0228. The molecule has 1 aliphatic carbocycles. The summed E-state index contributed by atoms with van der Waals surface area (Å²) < 4.78 is 0. The van der Waals surface area contributed by atoms with Crippen LogP contribution in [0.25, 0.3) is 0 Å². The molecule has 3 N–H and O–H groups in total. The van der Waals surface area contributed by atoms with Crippen molar-refractivity contribution in [3.05, 3.63) is 0 Å². The van der Waals surface area contributed by atoms with E-state index in [0.29, 0.717) is 12.6 Å². The van der Waals surface area contributed by atoms with Crippen LogP contribution in [0.4, 0.5) is 0 Å². The first-order valence-electron chi connectivity index (χ1n) is 4.83. The van der Waals surface area contributed by atoms with Crippen molar-refractivity contribution in [2.24, 2.45) is 5.73 Å². The zero-order valence-electron chi connectivity index (χ0n) is 8.07. The maximum absolute atomic E-state index is 11.6. The van der Waals surface area contributed by atoms with Gasteiger partial charge in [0.25, 0.3) is 0 Å². The summed E-state index contributed by atoms with van der Waals surface area (Å²) in [4.78, 5) is 13.3. The van der Waals surface area contributed by atoms with Gasteiger partial charge in [0.05, 0.1) is 12.6 Å². The van der Waals surface area contributed by atoms with E-state index in [4.69, 9.17) is 10.8 Å². The molecular formula is C9H18N2O2. The van der Waals surface area contributed by atoms with Crippen LogP contribution < -0.4 is 5.73 Å². The second-order valence-corrected chi connectivity index (χ2v) is 3.63. The predicted octanol–water partition coefficient (Wildman–Crippen LogP) is -0.293. The van der Waals surface area contributed by atoms with Crippen LogP contribution in [0.15, 0.2) is 0 Å². The molecule has 0 aromatic heterocycles. The van der Waals surface area contributed by atoms with E-state index in [9.17, 15) is 4.79 Å². The number of amides is 1. The molecule has 0 radical (unpaired) electrons. The van der Waals surface area contributed by atoms with Gasteiger partial charge in [0.1, 0.15) is 0 Å². The van der Waals surface area contributed by atoms with Crippen LogP contribution in [0.5, 0.6) is 0 Å². The number of nitrogens with two attached hydrogens (primary N) is 1. The second kappa shape index (κ2) is 4.58. The van der Waals surface area contributed by atoms with E-state index >= 15 is 0 Å². The van der Waals surface area contributed by atoms with Crippen LogP contribution in [-0.2, 0) is 4.79 Å². The van der Waals surface area contributed by atoms with Crippen LogP contribution >= 0.6 is 0 Å². The standard InChI is InChI=1S/C9H18N2O2/c1-7(10)9(13)11(5-6-12)8-3-2-4-8/h7-8,12H,2-6,10H2,1H3/t7-/m0/s1. The second-order valence-electron chi connectivity index (χ2n) is 3.63. The molecule has 1 amide bonds. The molecule has 0 spiro atoms. The van der Waals surface area contributed by atoms with Crippen molar-refractivity contribution in [3.63, 3.8) is 0 Å². The van der Waals surface area contributed by atoms with E-state index < -0.39 is 6.04 Å². The summed E-state index contributed by atoms with van der Waals surface area (Å²) in [5, 5.41) is 8.80. The fourth-order valence-electron chi connectivity index (χ4n) is 1.54. The third-order valence-corrected chi connectivity index (χ3v) is 2.53. The first kappa shape index (κ1) is 10.5. The van der Waals surface area contributed by atoms with Crippen molar-refractivity contribution in [2.75, 3.05) is 13.2 Å². The molecule has 0 unspecified atom stereocenters. The Morgan fingerprint density at radius 1 is 1.69 bits per heavy atom. The van der Waals surface area contributed by atoms with Gasteiger partial charge in [-0.2, -0.15) is 0 Å². The highest BCUT2D eigenvalue weighted by Gasteiger charge is 2.29. The molecule has 1 saturated carbocycles. The highest BCUT2D eigenvalue weighted by Crippen LogP contribution is 2.24. The number of hydrogen-bond donors (Lipinski definition) is 2. The van der Waals surface area contributed by atoms with Gasteiger partial charge in [0, 0.05) is 12.6 Å². The van der Waals surface area contributed by atoms with Crippen LogP contribution in [0.2, 0.25) is 0 Å². The maximum atomic E-state index is 11.6. The molecule has 0 saturated heterocycles. The fourth-order valence-corrected chi connectivity index (χ4v) is 1.54. The van der Waals surface area contributed by atoms with Crippen LogP contribution in [0, 0.1) is 0 Å². The lowest BCUT2D eigenvalue weighted by atomic mass is 9.91. The van der Waals surface area contributed by atoms with Crippen LogP contribution in [0.1, 0.15) is 26.2 Å². The Bertz CT molecular complexity index is 178. The Morgan fingerprint density at radius 3 is 2.62 bits per heavy atom. The molecule has 0 heterocycles. The number of hydrogen-bond acceptors (Lipinski definition) is 3. The third-order valence-electron chi connectivity index (χ3n) is 2.53. The van der Waals surface area contributed by atoms with Gasteiger partial charge in [-0.05, 0) is 26.2 Å². The van der Waals surface area contributed by atoms with Gasteiger partial charge < -0.3 is 15.7 Å². The summed E-state index contributed by atoms with van der Waals surface area (Å²) in [5.74, 6) is -0.0428. The van der Waals surface area contributed by atoms with Gasteiger partial charge in [0.2, 0.25) is 5.91 Å². The van der Waals surface area contributed by atoms with Crippen molar-refractivity contribution in [1.82, 2.24) is 4.90 Å². The first-order chi connectivity index (χ1) is 6.16. The average molecular weight is 186 g/mol. The Kier molecular flexibility index (Phi) is 3.69. The van der Waals surface area contributed by atoms with Crippen molar-refractivity contribution < 1.29 is 9.90 Å². The third kappa shape index (κ3) is 2.42. The van der Waals surface area contributed by atoms with Crippen molar-refractivity contribution >= 4 is 5.91 Å². The Labute approximate surface area is 78.7 Å². The Morgan fingerprint density at radius 2 is 2.31 bits per heavy atom. The number of nitrogens with zero attached hydrogens (tertiary/aromatic N) is 1. The molecule has 0 aromatic carbocycles. The average Bonchev–Trinajstić information content (AvgIpc) is 1.99. The van der Waals surface area contributed by atoms with E-state index in [-0.39, 0.29) is 12.5 Å². The minimum Gasteiger partial charge on any atom is -0.395 e. The van der Waals surface area contributed by atoms with Gasteiger partial charge >= 0.3 is 0 Å². The van der Waals surface area contributed by atoms with Gasteiger partial charge in [-0.25, -0.2) is 0 Å². The molecule has 13 heavy (non-hydrogen) atoms. The number of rotatable bonds is 4. The zero-order chi connectivity index (χ0) is 9.84. The molecule has 0 aliphatic heterocycles. The number of carbonyl (C=O) groups is 1. The lowest BCUT2D eigenvalue weighted by Gasteiger charge is -2.38. The normalized spacial score (nSPS) is 19.3. The van der Waals surface area contributed by atoms with Crippen molar-refractivity contribution in [3.8, 4) is 0 Å². The summed E-state index contributed by atoms with van der Waals surface area (Å²) in [6, 6.07) is -0.127. The highest BCUT2D eigenvalue weighted by atomic mass is 16.3. The molecule has 1 fully saturated rings. The summed E-state index contributed by atoms with van der Waals surface area (Å²) >= 11 is 0. The summed E-state index contributed by atoms with van der Waals surface area (Å²) in [6.45, 7) is 2.13. The van der Waals surface area contributed by atoms with E-state index in [0.717, 1.165) is 12.8 Å². The predicted molar refractivity (Wildman–Crippen MR) is 50.1 cm³/mol. The minimum atomic E-state index is -0.452. The van der Waals surface area contributed by atoms with E-state index in [1.165, 1.54) is 6.42 Å². The monoisotopic (exact) mass is 186 g/mol. The Balaban J connectivity index is 2.50. The smallest absolute Gasteiger partial charge is 0.239 e. The topological polar surface area (TPSA) is 66.6 Å². The molecule has 0 bridgehead atoms. The molecule has 4 nitrogen and oxygen atoms in total. The largest absolute Gasteiger partial charge is 0.395 e. The first-order valence-corrected chi connectivity index (χ1v) is 4.83.